The molecule has 0 saturated carbocycles. The highest BCUT2D eigenvalue weighted by atomic mass is 14.8. The summed E-state index contributed by atoms with van der Waals surface area (Å²) in [6.45, 7) is 5.16. The fourth-order valence-electron chi connectivity index (χ4n) is 0.722. The third-order valence-corrected chi connectivity index (χ3v) is 1.55. The maximum absolute atomic E-state index is 6.69. The van der Waals surface area contributed by atoms with E-state index in [1.165, 1.54) is 12.8 Å². The Hall–Kier alpha value is -0.0400. The van der Waals surface area contributed by atoms with Crippen LogP contribution in [0.15, 0.2) is 0 Å². The lowest BCUT2D eigenvalue weighted by Gasteiger charge is -2.08. The summed E-state index contributed by atoms with van der Waals surface area (Å²) in [7, 11) is 6.69. The minimum Gasteiger partial charge on any atom is -0.306 e. The van der Waals surface area contributed by atoms with Crippen LogP contribution in [0.1, 0.15) is 26.7 Å². The van der Waals surface area contributed by atoms with Gasteiger partial charge in [-0.05, 0) is 12.5 Å². The minimum absolute atomic E-state index is 0.701. The lowest BCUT2D eigenvalue weighted by Crippen LogP contribution is -2.15. The second-order valence-electron chi connectivity index (χ2n) is 2.06. The first kappa shape index (κ1) is 7.96. The second-order valence-corrected chi connectivity index (χ2v) is 2.06. The van der Waals surface area contributed by atoms with Gasteiger partial charge in [-0.2, -0.15) is 0 Å². The molecule has 0 heterocycles. The van der Waals surface area contributed by atoms with Gasteiger partial charge in [-0.3, -0.25) is 0 Å². The normalized spacial score (nSPS) is 10.5. The van der Waals surface area contributed by atoms with Crippen molar-refractivity contribution in [1.29, 1.82) is 0 Å². The smallest absolute Gasteiger partial charge is 0.0851 e. The Bertz CT molecular complexity index is 39.7. The molecular formula is C7H14N. The van der Waals surface area contributed by atoms with E-state index in [1.807, 2.05) is 0 Å². The monoisotopic (exact) mass is 112 g/mol. The van der Waals surface area contributed by atoms with Crippen LogP contribution in [0.5, 0.6) is 0 Å². The zero-order valence-corrected chi connectivity index (χ0v) is 5.70. The predicted octanol–water partition coefficient (Wildman–Crippen LogP) is 1.56. The van der Waals surface area contributed by atoms with Crippen molar-refractivity contribution in [1.82, 2.24) is 5.32 Å². The third kappa shape index (κ3) is 3.03. The van der Waals surface area contributed by atoms with Gasteiger partial charge in [0.2, 0.25) is 0 Å². The van der Waals surface area contributed by atoms with Crippen molar-refractivity contribution >= 4 is 0 Å². The summed E-state index contributed by atoms with van der Waals surface area (Å²) in [6, 6.07) is 0. The highest BCUT2D eigenvalue weighted by Crippen LogP contribution is 2.04. The predicted molar refractivity (Wildman–Crippen MR) is 35.3 cm³/mol. The number of nitrogens with one attached hydrogen (secondary N) is 1. The SMILES string of the molecule is [C]NCC(CC)CC. The molecule has 0 atom stereocenters. The van der Waals surface area contributed by atoms with Gasteiger partial charge in [0.05, 0.1) is 7.05 Å². The zero-order chi connectivity index (χ0) is 6.41. The summed E-state index contributed by atoms with van der Waals surface area (Å²) in [6.07, 6.45) is 2.37. The van der Waals surface area contributed by atoms with E-state index in [0.29, 0.717) is 5.92 Å². The van der Waals surface area contributed by atoms with E-state index in [4.69, 9.17) is 7.05 Å². The van der Waals surface area contributed by atoms with E-state index in [0.717, 1.165) is 6.54 Å². The van der Waals surface area contributed by atoms with Crippen LogP contribution in [0, 0.1) is 13.0 Å². The molecule has 1 N–H and O–H groups in total. The van der Waals surface area contributed by atoms with Crippen molar-refractivity contribution in [3.63, 3.8) is 0 Å². The van der Waals surface area contributed by atoms with Crippen molar-refractivity contribution in [2.45, 2.75) is 26.7 Å². The van der Waals surface area contributed by atoms with Gasteiger partial charge in [0.1, 0.15) is 0 Å². The van der Waals surface area contributed by atoms with E-state index in [2.05, 4.69) is 19.2 Å². The molecule has 0 unspecified atom stereocenters. The van der Waals surface area contributed by atoms with Gasteiger partial charge in [-0.15, -0.1) is 0 Å². The Labute approximate surface area is 52.5 Å². The summed E-state index contributed by atoms with van der Waals surface area (Å²) in [4.78, 5) is 0. The van der Waals surface area contributed by atoms with Gasteiger partial charge < -0.3 is 5.32 Å². The average Bonchev–Trinajstić information content (AvgIpc) is 1.83. The van der Waals surface area contributed by atoms with Crippen LogP contribution in [0.3, 0.4) is 0 Å². The molecule has 0 aromatic carbocycles. The van der Waals surface area contributed by atoms with E-state index < -0.39 is 0 Å². The van der Waals surface area contributed by atoms with Crippen molar-refractivity contribution in [2.24, 2.45) is 5.92 Å². The fourth-order valence-corrected chi connectivity index (χ4v) is 0.722. The molecule has 1 nitrogen and oxygen atoms in total. The largest absolute Gasteiger partial charge is 0.306 e. The fraction of sp³-hybridized carbons (Fsp3) is 0.857. The Morgan fingerprint density at radius 1 is 1.38 bits per heavy atom. The first-order chi connectivity index (χ1) is 3.85. The highest BCUT2D eigenvalue weighted by Gasteiger charge is 1.98. The molecule has 3 radical (unpaired) electrons. The van der Waals surface area contributed by atoms with Crippen molar-refractivity contribution < 1.29 is 0 Å². The Morgan fingerprint density at radius 3 is 2.00 bits per heavy atom. The molecule has 47 valence electrons. The molecule has 0 amide bonds. The van der Waals surface area contributed by atoms with Crippen LogP contribution in [0.25, 0.3) is 0 Å². The summed E-state index contributed by atoms with van der Waals surface area (Å²) >= 11 is 0. The van der Waals surface area contributed by atoms with Crippen LogP contribution in [0.4, 0.5) is 0 Å². The van der Waals surface area contributed by atoms with Crippen molar-refractivity contribution in [3.05, 3.63) is 7.05 Å². The van der Waals surface area contributed by atoms with Gasteiger partial charge in [0.15, 0.2) is 0 Å². The standard InChI is InChI=1S/C7H14N/c1-4-7(5-2)6-8-3/h7-8H,4-6H2,1-2H3. The third-order valence-electron chi connectivity index (χ3n) is 1.55. The lowest BCUT2D eigenvalue weighted by atomic mass is 10.0. The van der Waals surface area contributed by atoms with Gasteiger partial charge in [0, 0.05) is 0 Å². The Kier molecular flexibility index (Phi) is 5.08. The quantitative estimate of drug-likeness (QED) is 0.582. The zero-order valence-electron chi connectivity index (χ0n) is 5.70. The highest BCUT2D eigenvalue weighted by molar-refractivity contribution is 4.56. The minimum atomic E-state index is 0.701. The van der Waals surface area contributed by atoms with Crippen LogP contribution < -0.4 is 5.32 Å². The van der Waals surface area contributed by atoms with Crippen LogP contribution >= 0.6 is 0 Å². The summed E-state index contributed by atoms with van der Waals surface area (Å²) < 4.78 is 0. The molecule has 0 aliphatic rings. The van der Waals surface area contributed by atoms with E-state index in [-0.39, 0.29) is 0 Å². The van der Waals surface area contributed by atoms with Crippen LogP contribution in [-0.2, 0) is 0 Å². The summed E-state index contributed by atoms with van der Waals surface area (Å²) in [5.41, 5.74) is 0. The molecule has 0 spiro atoms. The maximum Gasteiger partial charge on any atom is 0.0851 e. The van der Waals surface area contributed by atoms with Gasteiger partial charge in [0.25, 0.3) is 0 Å². The van der Waals surface area contributed by atoms with Gasteiger partial charge >= 0.3 is 0 Å². The first-order valence-electron chi connectivity index (χ1n) is 3.24. The first-order valence-corrected chi connectivity index (χ1v) is 3.24. The molecule has 0 fully saturated rings. The number of hydrogen-bond acceptors (Lipinski definition) is 1. The Morgan fingerprint density at radius 2 is 1.88 bits per heavy atom. The van der Waals surface area contributed by atoms with Crippen molar-refractivity contribution in [3.8, 4) is 0 Å². The molecule has 0 aromatic heterocycles. The van der Waals surface area contributed by atoms with E-state index in [9.17, 15) is 0 Å². The molecule has 0 saturated heterocycles. The molecule has 8 heavy (non-hydrogen) atoms. The Balaban J connectivity index is 3.07. The average molecular weight is 112 g/mol. The number of hydrogen-bond donors (Lipinski definition) is 1. The molecular weight excluding hydrogens is 98.1 g/mol. The molecule has 0 bridgehead atoms. The summed E-state index contributed by atoms with van der Waals surface area (Å²) in [5, 5.41) is 2.42. The second kappa shape index (κ2) is 5.10. The summed E-state index contributed by atoms with van der Waals surface area (Å²) in [5.74, 6) is 0.701. The van der Waals surface area contributed by atoms with E-state index >= 15 is 0 Å². The molecule has 0 rings (SSSR count). The lowest BCUT2D eigenvalue weighted by molar-refractivity contribution is 0.477. The molecule has 1 heteroatoms. The topological polar surface area (TPSA) is 12.0 Å². The maximum atomic E-state index is 6.69. The molecule has 0 aromatic rings. The van der Waals surface area contributed by atoms with E-state index in [1.54, 1.807) is 0 Å². The molecule has 0 aliphatic carbocycles. The van der Waals surface area contributed by atoms with Crippen LogP contribution in [-0.4, -0.2) is 6.54 Å². The van der Waals surface area contributed by atoms with Gasteiger partial charge in [-0.1, -0.05) is 26.7 Å². The van der Waals surface area contributed by atoms with Crippen LogP contribution in [0.2, 0.25) is 0 Å². The molecule has 0 aliphatic heterocycles. The number of rotatable bonds is 4. The van der Waals surface area contributed by atoms with Gasteiger partial charge in [-0.25, -0.2) is 0 Å². The van der Waals surface area contributed by atoms with Crippen molar-refractivity contribution in [2.75, 3.05) is 6.54 Å².